The van der Waals surface area contributed by atoms with Crippen LogP contribution in [0.3, 0.4) is 0 Å². The highest BCUT2D eigenvalue weighted by atomic mass is 127. The molecular weight excluding hydrogens is 415 g/mol. The van der Waals surface area contributed by atoms with Gasteiger partial charge in [0.25, 0.3) is 0 Å². The Morgan fingerprint density at radius 1 is 1.21 bits per heavy atom. The number of rotatable bonds is 2. The molecule has 24 heavy (non-hydrogen) atoms. The molecule has 4 rings (SSSR count). The van der Waals surface area contributed by atoms with Gasteiger partial charge >= 0.3 is 0 Å². The number of nitrogen functional groups attached to an aromatic ring is 1. The Labute approximate surface area is 156 Å². The summed E-state index contributed by atoms with van der Waals surface area (Å²) in [5.74, 6) is 0.589. The first kappa shape index (κ1) is 16.5. The van der Waals surface area contributed by atoms with E-state index in [1.807, 2.05) is 0 Å². The van der Waals surface area contributed by atoms with Crippen LogP contribution in [0.2, 0.25) is 0 Å². The summed E-state index contributed by atoms with van der Waals surface area (Å²) in [6.45, 7) is 5.78. The molecule has 2 fully saturated rings. The van der Waals surface area contributed by atoms with Crippen LogP contribution in [-0.4, -0.2) is 51.2 Å². The lowest BCUT2D eigenvalue weighted by molar-refractivity contribution is 0.107. The van der Waals surface area contributed by atoms with Crippen LogP contribution in [0.1, 0.15) is 38.6 Å². The average molecular weight is 440 g/mol. The normalized spacial score (nSPS) is 29.2. The molecule has 0 spiro atoms. The standard InChI is InChI=1S/C17H25IN6/c1-11-8-23(7-6-20-11)12-2-4-13(5-3-12)24-9-14(18)15-16(19)21-10-22-17(15)24/h9-13,20H,2-8H2,1H3,(H2,19,21,22). The molecule has 1 aliphatic heterocycles. The largest absolute Gasteiger partial charge is 0.383 e. The fourth-order valence-electron chi connectivity index (χ4n) is 4.34. The zero-order valence-electron chi connectivity index (χ0n) is 14.1. The monoisotopic (exact) mass is 440 g/mol. The van der Waals surface area contributed by atoms with E-state index in [1.165, 1.54) is 38.8 Å². The molecule has 7 heteroatoms. The van der Waals surface area contributed by atoms with Gasteiger partial charge in [-0.3, -0.25) is 4.90 Å². The summed E-state index contributed by atoms with van der Waals surface area (Å²) >= 11 is 2.35. The summed E-state index contributed by atoms with van der Waals surface area (Å²) in [6, 6.07) is 1.89. The number of fused-ring (bicyclic) bond motifs is 1. The Morgan fingerprint density at radius 2 is 1.96 bits per heavy atom. The smallest absolute Gasteiger partial charge is 0.146 e. The lowest BCUT2D eigenvalue weighted by atomic mass is 9.89. The van der Waals surface area contributed by atoms with E-state index in [0.29, 0.717) is 17.9 Å². The molecule has 0 bridgehead atoms. The first-order chi connectivity index (χ1) is 11.6. The summed E-state index contributed by atoms with van der Waals surface area (Å²) in [7, 11) is 0. The predicted molar refractivity (Wildman–Crippen MR) is 105 cm³/mol. The van der Waals surface area contributed by atoms with Crippen LogP contribution in [0, 0.1) is 3.57 Å². The third-order valence-corrected chi connectivity index (χ3v) is 6.39. The van der Waals surface area contributed by atoms with Crippen molar-refractivity contribution in [2.45, 2.75) is 50.7 Å². The van der Waals surface area contributed by atoms with Crippen molar-refractivity contribution in [1.82, 2.24) is 24.8 Å². The number of aromatic nitrogens is 3. The van der Waals surface area contributed by atoms with Crippen molar-refractivity contribution in [2.75, 3.05) is 25.4 Å². The third kappa shape index (κ3) is 3.01. The number of hydrogen-bond donors (Lipinski definition) is 2. The number of hydrogen-bond acceptors (Lipinski definition) is 5. The second kappa shape index (κ2) is 6.76. The lowest BCUT2D eigenvalue weighted by Crippen LogP contribution is -2.53. The summed E-state index contributed by atoms with van der Waals surface area (Å²) in [5, 5.41) is 4.55. The number of nitrogens with one attached hydrogen (secondary N) is 1. The van der Waals surface area contributed by atoms with Gasteiger partial charge in [0.05, 0.1) is 5.39 Å². The van der Waals surface area contributed by atoms with Crippen LogP contribution in [0.15, 0.2) is 12.5 Å². The van der Waals surface area contributed by atoms with Crippen molar-refractivity contribution in [3.05, 3.63) is 16.1 Å². The first-order valence-corrected chi connectivity index (χ1v) is 9.95. The van der Waals surface area contributed by atoms with Gasteiger partial charge in [-0.25, -0.2) is 9.97 Å². The first-order valence-electron chi connectivity index (χ1n) is 8.87. The van der Waals surface area contributed by atoms with E-state index < -0.39 is 0 Å². The Kier molecular flexibility index (Phi) is 4.66. The van der Waals surface area contributed by atoms with Crippen molar-refractivity contribution in [3.8, 4) is 0 Å². The van der Waals surface area contributed by atoms with E-state index >= 15 is 0 Å². The fraction of sp³-hybridized carbons (Fsp3) is 0.647. The van der Waals surface area contributed by atoms with Gasteiger partial charge < -0.3 is 15.6 Å². The van der Waals surface area contributed by atoms with Gasteiger partial charge in [-0.2, -0.15) is 0 Å². The molecule has 6 nitrogen and oxygen atoms in total. The Hall–Kier alpha value is -0.930. The van der Waals surface area contributed by atoms with Crippen molar-refractivity contribution < 1.29 is 0 Å². The molecule has 2 aromatic heterocycles. The van der Waals surface area contributed by atoms with Crippen molar-refractivity contribution in [2.24, 2.45) is 0 Å². The second-order valence-electron chi connectivity index (χ2n) is 7.15. The molecular formula is C17H25IN6. The molecule has 1 atom stereocenters. The minimum atomic E-state index is 0.530. The van der Waals surface area contributed by atoms with Crippen molar-refractivity contribution in [1.29, 1.82) is 0 Å². The van der Waals surface area contributed by atoms with Crippen LogP contribution < -0.4 is 11.1 Å². The maximum absolute atomic E-state index is 6.05. The summed E-state index contributed by atoms with van der Waals surface area (Å²) < 4.78 is 3.49. The van der Waals surface area contributed by atoms with E-state index in [4.69, 9.17) is 5.73 Å². The summed E-state index contributed by atoms with van der Waals surface area (Å²) in [5.41, 5.74) is 7.04. The molecule has 3 heterocycles. The second-order valence-corrected chi connectivity index (χ2v) is 8.32. The van der Waals surface area contributed by atoms with Gasteiger partial charge in [-0.1, -0.05) is 0 Å². The van der Waals surface area contributed by atoms with E-state index in [2.05, 4.69) is 60.5 Å². The SMILES string of the molecule is CC1CN(C2CCC(n3cc(I)c4c(N)ncnc43)CC2)CCN1. The zero-order valence-corrected chi connectivity index (χ0v) is 16.2. The molecule has 0 radical (unpaired) electrons. The highest BCUT2D eigenvalue weighted by Crippen LogP contribution is 2.35. The Balaban J connectivity index is 1.49. The van der Waals surface area contributed by atoms with Gasteiger partial charge in [0.2, 0.25) is 0 Å². The molecule has 2 aromatic rings. The summed E-state index contributed by atoms with van der Waals surface area (Å²) in [6.07, 6.45) is 8.76. The van der Waals surface area contributed by atoms with Crippen LogP contribution in [0.5, 0.6) is 0 Å². The maximum atomic E-state index is 6.05. The van der Waals surface area contributed by atoms with Crippen molar-refractivity contribution >= 4 is 39.4 Å². The van der Waals surface area contributed by atoms with Crippen LogP contribution in [0.25, 0.3) is 11.0 Å². The minimum Gasteiger partial charge on any atom is -0.383 e. The molecule has 2 aliphatic rings. The molecule has 3 N–H and O–H groups in total. The van der Waals surface area contributed by atoms with Gasteiger partial charge in [0, 0.05) is 47.5 Å². The zero-order chi connectivity index (χ0) is 16.7. The topological polar surface area (TPSA) is 72.0 Å². The molecule has 1 saturated carbocycles. The van der Waals surface area contributed by atoms with Gasteiger partial charge in [0.15, 0.2) is 0 Å². The molecule has 130 valence electrons. The highest BCUT2D eigenvalue weighted by molar-refractivity contribution is 14.1. The Morgan fingerprint density at radius 3 is 2.71 bits per heavy atom. The Bertz CT molecular complexity index is 721. The number of nitrogens with two attached hydrogens (primary N) is 1. The quantitative estimate of drug-likeness (QED) is 0.702. The van der Waals surface area contributed by atoms with Gasteiger partial charge in [-0.15, -0.1) is 0 Å². The van der Waals surface area contributed by atoms with Gasteiger partial charge in [-0.05, 0) is 55.2 Å². The third-order valence-electron chi connectivity index (χ3n) is 5.57. The lowest BCUT2D eigenvalue weighted by Gasteiger charge is -2.41. The van der Waals surface area contributed by atoms with Crippen LogP contribution in [-0.2, 0) is 0 Å². The molecule has 1 aliphatic carbocycles. The molecule has 0 amide bonds. The van der Waals surface area contributed by atoms with E-state index in [-0.39, 0.29) is 0 Å². The fourth-order valence-corrected chi connectivity index (χ4v) is 5.15. The number of piperazine rings is 1. The maximum Gasteiger partial charge on any atom is 0.146 e. The highest BCUT2D eigenvalue weighted by Gasteiger charge is 2.29. The van der Waals surface area contributed by atoms with Gasteiger partial charge in [0.1, 0.15) is 17.8 Å². The minimum absolute atomic E-state index is 0.530. The number of anilines is 1. The molecule has 1 unspecified atom stereocenters. The summed E-state index contributed by atoms with van der Waals surface area (Å²) in [4.78, 5) is 11.3. The number of nitrogens with zero attached hydrogens (tertiary/aromatic N) is 4. The van der Waals surface area contributed by atoms with Crippen molar-refractivity contribution in [3.63, 3.8) is 0 Å². The van der Waals surface area contributed by atoms with E-state index in [9.17, 15) is 0 Å². The predicted octanol–water partition coefficient (Wildman–Crippen LogP) is 2.40. The van der Waals surface area contributed by atoms with Crippen LogP contribution in [0.4, 0.5) is 5.82 Å². The number of halogens is 1. The molecule has 1 saturated heterocycles. The van der Waals surface area contributed by atoms with E-state index in [0.717, 1.165) is 27.2 Å². The van der Waals surface area contributed by atoms with Crippen LogP contribution >= 0.6 is 22.6 Å². The average Bonchev–Trinajstić information content (AvgIpc) is 2.93. The van der Waals surface area contributed by atoms with E-state index in [1.54, 1.807) is 6.33 Å². The molecule has 0 aromatic carbocycles.